The number of aromatic nitrogens is 4. The maximum Gasteiger partial charge on any atom is 0.309 e. The Hall–Kier alpha value is -2.02. The van der Waals surface area contributed by atoms with Crippen molar-refractivity contribution >= 4 is 17.3 Å². The molecule has 0 unspecified atom stereocenters. The molecule has 0 saturated carbocycles. The van der Waals surface area contributed by atoms with E-state index in [1.54, 1.807) is 6.20 Å². The highest BCUT2D eigenvalue weighted by molar-refractivity contribution is 6.28. The number of hydrogen-bond donors (Lipinski definition) is 0. The number of nitrogens with zero attached hydrogens (tertiary/aromatic N) is 5. The number of imidazole rings is 1. The molecular formula is C11H12ClN5O2. The zero-order valence-corrected chi connectivity index (χ0v) is 11.0. The summed E-state index contributed by atoms with van der Waals surface area (Å²) in [6.07, 6.45) is 5.84. The summed E-state index contributed by atoms with van der Waals surface area (Å²) in [5, 5.41) is 10.9. The molecule has 0 aliphatic rings. The van der Waals surface area contributed by atoms with Crippen LogP contribution in [0.4, 0.5) is 5.69 Å². The fourth-order valence-corrected chi connectivity index (χ4v) is 1.92. The molecule has 0 radical (unpaired) electrons. The second kappa shape index (κ2) is 5.75. The number of aryl methyl sites for hydroxylation is 1. The molecule has 0 aromatic carbocycles. The van der Waals surface area contributed by atoms with Gasteiger partial charge in [-0.3, -0.25) is 10.1 Å². The van der Waals surface area contributed by atoms with E-state index >= 15 is 0 Å². The van der Waals surface area contributed by atoms with Gasteiger partial charge >= 0.3 is 5.69 Å². The van der Waals surface area contributed by atoms with Crippen LogP contribution >= 0.6 is 11.6 Å². The lowest BCUT2D eigenvalue weighted by molar-refractivity contribution is -0.386. The second-order valence-corrected chi connectivity index (χ2v) is 4.28. The van der Waals surface area contributed by atoms with Crippen molar-refractivity contribution in [2.24, 2.45) is 0 Å². The lowest BCUT2D eigenvalue weighted by Crippen LogP contribution is -2.07. The predicted octanol–water partition coefficient (Wildman–Crippen LogP) is 2.24. The molecule has 0 spiro atoms. The lowest BCUT2D eigenvalue weighted by Gasteiger charge is -2.06. The van der Waals surface area contributed by atoms with Crippen LogP contribution in [0.5, 0.6) is 0 Å². The van der Waals surface area contributed by atoms with E-state index in [0.29, 0.717) is 0 Å². The van der Waals surface area contributed by atoms with Crippen molar-refractivity contribution in [2.75, 3.05) is 0 Å². The molecule has 19 heavy (non-hydrogen) atoms. The van der Waals surface area contributed by atoms with Crippen LogP contribution in [0, 0.1) is 10.1 Å². The van der Waals surface area contributed by atoms with Gasteiger partial charge in [0, 0.05) is 18.9 Å². The summed E-state index contributed by atoms with van der Waals surface area (Å²) in [6, 6.07) is 0. The number of rotatable bonds is 5. The summed E-state index contributed by atoms with van der Waals surface area (Å²) in [4.78, 5) is 22.2. The van der Waals surface area contributed by atoms with Crippen molar-refractivity contribution in [2.45, 2.75) is 26.3 Å². The molecule has 0 aliphatic carbocycles. The molecule has 100 valence electrons. The van der Waals surface area contributed by atoms with E-state index in [1.165, 1.54) is 0 Å². The van der Waals surface area contributed by atoms with Crippen LogP contribution in [0.2, 0.25) is 5.28 Å². The fourth-order valence-electron chi connectivity index (χ4n) is 1.77. The maximum atomic E-state index is 10.9. The van der Waals surface area contributed by atoms with Crippen molar-refractivity contribution in [3.8, 4) is 0 Å². The minimum Gasteiger partial charge on any atom is -0.335 e. The Morgan fingerprint density at radius 1 is 1.47 bits per heavy atom. The van der Waals surface area contributed by atoms with Crippen LogP contribution in [0.1, 0.15) is 24.9 Å². The zero-order valence-electron chi connectivity index (χ0n) is 10.3. The van der Waals surface area contributed by atoms with Crippen LogP contribution < -0.4 is 0 Å². The molecule has 0 atom stereocenters. The minimum absolute atomic E-state index is 0.00537. The Bertz CT molecular complexity index is 599. The molecule has 2 aromatic rings. The largest absolute Gasteiger partial charge is 0.335 e. The van der Waals surface area contributed by atoms with Gasteiger partial charge in [-0.05, 0) is 18.0 Å². The molecule has 0 saturated heterocycles. The third kappa shape index (κ3) is 3.05. The molecule has 0 bridgehead atoms. The van der Waals surface area contributed by atoms with E-state index in [1.807, 2.05) is 17.7 Å². The van der Waals surface area contributed by atoms with Gasteiger partial charge in [0.1, 0.15) is 17.7 Å². The molecule has 2 heterocycles. The van der Waals surface area contributed by atoms with Gasteiger partial charge in [-0.1, -0.05) is 6.92 Å². The van der Waals surface area contributed by atoms with Crippen LogP contribution in [-0.4, -0.2) is 24.4 Å². The summed E-state index contributed by atoms with van der Waals surface area (Å²) in [7, 11) is 0. The van der Waals surface area contributed by atoms with Crippen LogP contribution in [-0.2, 0) is 13.0 Å². The molecule has 0 N–H and O–H groups in total. The van der Waals surface area contributed by atoms with E-state index in [-0.39, 0.29) is 23.1 Å². The summed E-state index contributed by atoms with van der Waals surface area (Å²) in [6.45, 7) is 2.86. The first-order chi connectivity index (χ1) is 9.11. The molecule has 2 aromatic heterocycles. The first-order valence-electron chi connectivity index (χ1n) is 5.77. The van der Waals surface area contributed by atoms with Crippen molar-refractivity contribution in [1.29, 1.82) is 0 Å². The van der Waals surface area contributed by atoms with Crippen molar-refractivity contribution in [3.63, 3.8) is 0 Å². The Labute approximate surface area is 114 Å². The minimum atomic E-state index is -0.515. The smallest absolute Gasteiger partial charge is 0.309 e. The monoisotopic (exact) mass is 281 g/mol. The average Bonchev–Trinajstić information content (AvgIpc) is 2.77. The van der Waals surface area contributed by atoms with Crippen molar-refractivity contribution in [1.82, 2.24) is 19.5 Å². The maximum absolute atomic E-state index is 10.9. The van der Waals surface area contributed by atoms with E-state index in [0.717, 1.165) is 25.0 Å². The molecule has 0 fully saturated rings. The SMILES string of the molecule is CCCn1ccnc1Cc1nc(Cl)ncc1[N+](=O)[O-]. The number of hydrogen-bond acceptors (Lipinski definition) is 5. The number of halogens is 1. The van der Waals surface area contributed by atoms with Gasteiger partial charge in [0.25, 0.3) is 0 Å². The lowest BCUT2D eigenvalue weighted by atomic mass is 10.2. The van der Waals surface area contributed by atoms with Crippen molar-refractivity contribution < 1.29 is 4.92 Å². The summed E-state index contributed by atoms with van der Waals surface area (Å²) < 4.78 is 1.94. The third-order valence-corrected chi connectivity index (χ3v) is 2.79. The van der Waals surface area contributed by atoms with Crippen molar-refractivity contribution in [3.05, 3.63) is 45.5 Å². The predicted molar refractivity (Wildman–Crippen MR) is 69.0 cm³/mol. The molecule has 0 amide bonds. The fraction of sp³-hybridized carbons (Fsp3) is 0.364. The Balaban J connectivity index is 2.34. The van der Waals surface area contributed by atoms with Gasteiger partial charge in [0.2, 0.25) is 5.28 Å². The van der Waals surface area contributed by atoms with E-state index in [2.05, 4.69) is 15.0 Å². The summed E-state index contributed by atoms with van der Waals surface area (Å²) in [5.74, 6) is 0.722. The Morgan fingerprint density at radius 2 is 2.26 bits per heavy atom. The van der Waals surface area contributed by atoms with Gasteiger partial charge in [-0.15, -0.1) is 0 Å². The van der Waals surface area contributed by atoms with Gasteiger partial charge in [0.15, 0.2) is 0 Å². The zero-order chi connectivity index (χ0) is 13.8. The molecule has 8 heteroatoms. The topological polar surface area (TPSA) is 86.7 Å². The van der Waals surface area contributed by atoms with E-state index in [9.17, 15) is 10.1 Å². The third-order valence-electron chi connectivity index (χ3n) is 2.60. The first kappa shape index (κ1) is 13.4. The highest BCUT2D eigenvalue weighted by atomic mass is 35.5. The second-order valence-electron chi connectivity index (χ2n) is 3.94. The number of nitro groups is 1. The van der Waals surface area contributed by atoms with Gasteiger partial charge in [0.05, 0.1) is 11.3 Å². The summed E-state index contributed by atoms with van der Waals surface area (Å²) in [5.41, 5.74) is 0.129. The van der Waals surface area contributed by atoms with Crippen LogP contribution in [0.25, 0.3) is 0 Å². The van der Waals surface area contributed by atoms with Gasteiger partial charge < -0.3 is 4.57 Å². The van der Waals surface area contributed by atoms with Crippen LogP contribution in [0.15, 0.2) is 18.6 Å². The standard InChI is InChI=1S/C11H12ClN5O2/c1-2-4-16-5-3-13-10(16)6-8-9(17(18)19)7-14-11(12)15-8/h3,5,7H,2,4,6H2,1H3. The van der Waals surface area contributed by atoms with Gasteiger partial charge in [-0.2, -0.15) is 0 Å². The van der Waals surface area contributed by atoms with E-state index in [4.69, 9.17) is 11.6 Å². The van der Waals surface area contributed by atoms with Crippen LogP contribution in [0.3, 0.4) is 0 Å². The molecule has 7 nitrogen and oxygen atoms in total. The molecule has 2 rings (SSSR count). The summed E-state index contributed by atoms with van der Waals surface area (Å²) >= 11 is 5.69. The molecule has 0 aliphatic heterocycles. The quantitative estimate of drug-likeness (QED) is 0.476. The first-order valence-corrected chi connectivity index (χ1v) is 6.15. The van der Waals surface area contributed by atoms with E-state index < -0.39 is 4.92 Å². The highest BCUT2D eigenvalue weighted by Crippen LogP contribution is 2.19. The van der Waals surface area contributed by atoms with Gasteiger partial charge in [-0.25, -0.2) is 15.0 Å². The molecular weight excluding hydrogens is 270 g/mol. The Kier molecular flexibility index (Phi) is 4.06. The Morgan fingerprint density at radius 3 is 2.95 bits per heavy atom. The highest BCUT2D eigenvalue weighted by Gasteiger charge is 2.18. The average molecular weight is 282 g/mol. The normalized spacial score (nSPS) is 10.6.